The largest absolute Gasteiger partial charge is 0.481 e. The van der Waals surface area contributed by atoms with Gasteiger partial charge >= 0.3 is 11.9 Å². The van der Waals surface area contributed by atoms with Gasteiger partial charge in [0.25, 0.3) is 11.8 Å². The first-order valence-electron chi connectivity index (χ1n) is 31.4. The van der Waals surface area contributed by atoms with Gasteiger partial charge in [0.2, 0.25) is 11.8 Å². The molecule has 34 nitrogen and oxygen atoms in total. The monoisotopic (exact) mass is 1310 g/mol. The maximum absolute atomic E-state index is 14.6. The van der Waals surface area contributed by atoms with Crippen LogP contribution in [0, 0.1) is 22.7 Å². The Bertz CT molecular complexity index is 2390. The van der Waals surface area contributed by atoms with Gasteiger partial charge in [0.05, 0.1) is 89.9 Å². The molecular weight excluding hydrogens is 1200 g/mol. The molecule has 0 aliphatic carbocycles. The van der Waals surface area contributed by atoms with E-state index in [0.29, 0.717) is 118 Å². The van der Waals surface area contributed by atoms with E-state index in [4.69, 9.17) is 73.6 Å². The second kappa shape index (κ2) is 48.7. The van der Waals surface area contributed by atoms with Gasteiger partial charge in [0.1, 0.15) is 0 Å². The zero-order chi connectivity index (χ0) is 68.7. The van der Waals surface area contributed by atoms with Crippen LogP contribution in [-0.2, 0) is 57.2 Å². The lowest BCUT2D eigenvalue weighted by molar-refractivity contribution is -0.138. The summed E-state index contributed by atoms with van der Waals surface area (Å²) in [5.41, 5.74) is 30.6. The number of aliphatic carboxylic acids is 2. The van der Waals surface area contributed by atoms with Gasteiger partial charge in [-0.1, -0.05) is 0 Å². The van der Waals surface area contributed by atoms with Crippen molar-refractivity contribution in [1.82, 2.24) is 52.5 Å². The van der Waals surface area contributed by atoms with Gasteiger partial charge in [0, 0.05) is 70.0 Å². The van der Waals surface area contributed by atoms with E-state index in [0.717, 1.165) is 12.8 Å². The minimum absolute atomic E-state index is 0.00339. The van der Waals surface area contributed by atoms with Crippen LogP contribution in [0.25, 0.3) is 0 Å². The Morgan fingerprint density at radius 2 is 0.870 bits per heavy atom. The van der Waals surface area contributed by atoms with E-state index in [9.17, 15) is 48.6 Å². The van der Waals surface area contributed by atoms with Crippen LogP contribution in [0.5, 0.6) is 0 Å². The maximum Gasteiger partial charge on any atom is 0.303 e. The molecule has 0 radical (unpaired) electrons. The summed E-state index contributed by atoms with van der Waals surface area (Å²) >= 11 is 0. The van der Waals surface area contributed by atoms with Crippen LogP contribution in [0.15, 0.2) is 0 Å². The van der Waals surface area contributed by atoms with Crippen LogP contribution in [0.1, 0.15) is 139 Å². The third-order valence-corrected chi connectivity index (χ3v) is 14.2. The number of hydrogen-bond acceptors (Lipinski definition) is 24. The number of carbonyl (C=O) groups is 8. The van der Waals surface area contributed by atoms with Gasteiger partial charge in [-0.15, -0.1) is 0 Å². The SMILES string of the molecule is CC(C)(NC(=O)[C@H](CCCC(=O)O)C(C)(C)NC(=O)c1nc(N)c(C(=O)NC(CCCNC(=N)N)C(=O)CNC(CCCC(=O)O)C(=O)CNCCCOCCOCCOCCCN)nc1N)C(CCCNC(=N)N)C(=O)NCCCOCCOCCOCCCN. The van der Waals surface area contributed by atoms with Gasteiger partial charge in [-0.3, -0.25) is 49.2 Å². The Hall–Kier alpha value is -7.02. The molecule has 0 aliphatic rings. The number of nitrogens with one attached hydrogen (secondary N) is 10. The molecule has 0 aromatic carbocycles. The Kier molecular flexibility index (Phi) is 43.9. The zero-order valence-electron chi connectivity index (χ0n) is 54.3. The number of carboxylic acids is 2. The molecule has 1 aromatic rings. The van der Waals surface area contributed by atoms with Crippen LogP contribution in [0.4, 0.5) is 11.6 Å². The summed E-state index contributed by atoms with van der Waals surface area (Å²) in [6.45, 7) is 13.0. The fraction of sp³-hybridized carbons (Fsp3) is 0.759. The van der Waals surface area contributed by atoms with Crippen molar-refractivity contribution in [2.24, 2.45) is 34.8 Å². The third-order valence-electron chi connectivity index (χ3n) is 14.2. The van der Waals surface area contributed by atoms with Crippen molar-refractivity contribution in [2.45, 2.75) is 141 Å². The Labute approximate surface area is 539 Å². The summed E-state index contributed by atoms with van der Waals surface area (Å²) in [7, 11) is 0. The zero-order valence-corrected chi connectivity index (χ0v) is 54.3. The number of carboxylic acid groups (broad SMARTS) is 2. The van der Waals surface area contributed by atoms with E-state index in [1.165, 1.54) is 13.8 Å². The predicted molar refractivity (Wildman–Crippen MR) is 343 cm³/mol. The van der Waals surface area contributed by atoms with Crippen molar-refractivity contribution in [3.05, 3.63) is 11.4 Å². The highest BCUT2D eigenvalue weighted by Crippen LogP contribution is 2.29. The molecule has 4 amide bonds. The van der Waals surface area contributed by atoms with E-state index >= 15 is 0 Å². The molecule has 0 bridgehead atoms. The Morgan fingerprint density at radius 3 is 1.36 bits per heavy atom. The molecule has 0 fully saturated rings. The van der Waals surface area contributed by atoms with Crippen LogP contribution >= 0.6 is 0 Å². The first kappa shape index (κ1) is 83.0. The minimum atomic E-state index is -1.50. The van der Waals surface area contributed by atoms with Gasteiger partial charge in [-0.2, -0.15) is 0 Å². The predicted octanol–water partition coefficient (Wildman–Crippen LogP) is -2.21. The summed E-state index contributed by atoms with van der Waals surface area (Å²) in [6.07, 6.45) is 2.95. The highest BCUT2D eigenvalue weighted by molar-refractivity contribution is 6.03. The topological polar surface area (TPSA) is 558 Å². The van der Waals surface area contributed by atoms with Crippen molar-refractivity contribution in [3.63, 3.8) is 0 Å². The molecule has 0 aliphatic heterocycles. The molecule has 34 heteroatoms. The molecule has 4 atom stereocenters. The van der Waals surface area contributed by atoms with Crippen LogP contribution in [0.3, 0.4) is 0 Å². The molecule has 0 spiro atoms. The Balaban J connectivity index is 3.25. The fourth-order valence-corrected chi connectivity index (χ4v) is 9.20. The second-order valence-electron chi connectivity index (χ2n) is 22.7. The average molecular weight is 1310 g/mol. The summed E-state index contributed by atoms with van der Waals surface area (Å²) in [6, 6.07) is -2.22. The number of amides is 4. The number of ketones is 2. The number of carbonyl (C=O) groups excluding carboxylic acids is 6. The molecule has 3 unspecified atom stereocenters. The number of nitrogens with zero attached hydrogens (tertiary/aromatic N) is 2. The van der Waals surface area contributed by atoms with E-state index in [2.05, 4.69) is 52.5 Å². The highest BCUT2D eigenvalue weighted by Gasteiger charge is 2.42. The van der Waals surface area contributed by atoms with Crippen LogP contribution < -0.4 is 76.9 Å². The summed E-state index contributed by atoms with van der Waals surface area (Å²) < 4.78 is 33.0. The summed E-state index contributed by atoms with van der Waals surface area (Å²) in [5.74, 6) is -9.88. The number of hydrogen-bond donors (Lipinski definition) is 18. The highest BCUT2D eigenvalue weighted by atomic mass is 16.5. The molecule has 1 aromatic heterocycles. The molecule has 1 rings (SSSR count). The van der Waals surface area contributed by atoms with Crippen LogP contribution in [-0.4, -0.2) is 234 Å². The number of Topliss-reactive ketones (excluding diaryl/α,β-unsaturated/α-hetero) is 2. The van der Waals surface area contributed by atoms with Gasteiger partial charge in [-0.25, -0.2) is 9.97 Å². The van der Waals surface area contributed by atoms with Crippen molar-refractivity contribution in [2.75, 3.05) is 143 Å². The van der Waals surface area contributed by atoms with Gasteiger partial charge in [-0.05, 0) is 124 Å². The number of guanidine groups is 2. The summed E-state index contributed by atoms with van der Waals surface area (Å²) in [5, 5.41) is 56.5. The Morgan fingerprint density at radius 1 is 0.478 bits per heavy atom. The van der Waals surface area contributed by atoms with Crippen molar-refractivity contribution in [1.29, 1.82) is 10.8 Å². The standard InChI is InChI=1S/C58H108N18O16/c1-57(2,39(14-7-22-69-55(63)64)51(83)68-24-12-28-90-32-36-92-34-30-88-26-10-20-60)75-52(84)40(13-5-17-45(79)80)58(3,4)76-54(86)48-50(62)73-47(49(61)74-48)53(85)72-42(16-8-23-70-56(65)66)44(78)38-71-41(15-6-18-46(81)82)43(77)37-67-21-11-27-89-31-35-91-33-29-87-25-9-19-59/h39-42,67,71H,5-38,59-60H2,1-4H3,(H2,61,74)(H2,62,73)(H,68,83)(H,72,85)(H,75,84)(H,76,86)(H,79,80)(H,81,82)(H4,63,64,69)(H4,65,66,70)/t39?,40-,41?,42?/m0/s1. The van der Waals surface area contributed by atoms with Crippen molar-refractivity contribution >= 4 is 70.7 Å². The molecule has 0 saturated heterocycles. The first-order valence-corrected chi connectivity index (χ1v) is 31.4. The number of rotatable bonds is 58. The van der Waals surface area contributed by atoms with E-state index in [-0.39, 0.29) is 108 Å². The molecular formula is C58H108N18O16. The van der Waals surface area contributed by atoms with Gasteiger partial charge in [0.15, 0.2) is 46.5 Å². The second-order valence-corrected chi connectivity index (χ2v) is 22.7. The smallest absolute Gasteiger partial charge is 0.303 e. The number of aromatic nitrogens is 2. The lowest BCUT2D eigenvalue weighted by Gasteiger charge is -2.39. The molecule has 526 valence electrons. The lowest BCUT2D eigenvalue weighted by atomic mass is 9.79. The minimum Gasteiger partial charge on any atom is -0.481 e. The van der Waals surface area contributed by atoms with Crippen LogP contribution in [0.2, 0.25) is 0 Å². The number of anilines is 2. The first-order chi connectivity index (χ1) is 43.8. The molecule has 0 saturated carbocycles. The number of ether oxygens (including phenoxy) is 6. The summed E-state index contributed by atoms with van der Waals surface area (Å²) in [4.78, 5) is 115. The van der Waals surface area contributed by atoms with E-state index < -0.39 is 100 Å². The van der Waals surface area contributed by atoms with Gasteiger partial charge < -0.3 is 116 Å². The quantitative estimate of drug-likeness (QED) is 0.0187. The van der Waals surface area contributed by atoms with Crippen molar-refractivity contribution < 1.29 is 77.0 Å². The number of nitrogens with two attached hydrogens (primary N) is 6. The fourth-order valence-electron chi connectivity index (χ4n) is 9.20. The molecule has 92 heavy (non-hydrogen) atoms. The third kappa shape index (κ3) is 38.1. The normalized spacial score (nSPS) is 12.8. The molecule has 1 heterocycles. The lowest BCUT2D eigenvalue weighted by Crippen LogP contribution is -2.60. The average Bonchev–Trinajstić information content (AvgIpc) is 0.812. The van der Waals surface area contributed by atoms with E-state index in [1.807, 2.05) is 0 Å². The van der Waals surface area contributed by atoms with E-state index in [1.54, 1.807) is 13.8 Å². The maximum atomic E-state index is 14.6. The molecule has 24 N–H and O–H groups in total. The number of nitrogen functional groups attached to an aromatic ring is 2. The van der Waals surface area contributed by atoms with Crippen molar-refractivity contribution in [3.8, 4) is 0 Å².